The number of rotatable bonds is 5. The number of ether oxygens (including phenoxy) is 1. The molecule has 1 saturated heterocycles. The summed E-state index contributed by atoms with van der Waals surface area (Å²) in [4.78, 5) is 4.92. The van der Waals surface area contributed by atoms with Gasteiger partial charge in [-0.3, -0.25) is 4.90 Å². The molecule has 0 aliphatic carbocycles. The zero-order valence-corrected chi connectivity index (χ0v) is 12.9. The highest BCUT2D eigenvalue weighted by atomic mass is 16.5. The molecule has 4 nitrogen and oxygen atoms in total. The van der Waals surface area contributed by atoms with Crippen LogP contribution >= 0.6 is 0 Å². The second kappa shape index (κ2) is 6.46. The summed E-state index contributed by atoms with van der Waals surface area (Å²) in [5, 5.41) is 0. The van der Waals surface area contributed by atoms with Gasteiger partial charge in [0.25, 0.3) is 0 Å². The first-order valence-corrected chi connectivity index (χ1v) is 7.36. The Morgan fingerprint density at radius 2 is 1.80 bits per heavy atom. The molecule has 1 heterocycles. The molecule has 0 amide bonds. The van der Waals surface area contributed by atoms with Crippen LogP contribution in [0.2, 0.25) is 0 Å². The average Bonchev–Trinajstić information content (AvgIpc) is 2.48. The van der Waals surface area contributed by atoms with Crippen molar-refractivity contribution in [1.29, 1.82) is 0 Å². The number of methoxy groups -OCH3 is 1. The van der Waals surface area contributed by atoms with Crippen LogP contribution in [0.1, 0.15) is 13.8 Å². The molecule has 0 radical (unpaired) electrons. The van der Waals surface area contributed by atoms with Crippen molar-refractivity contribution >= 4 is 5.69 Å². The SMILES string of the molecule is COc1ccccc1N1CCN(CC(C)(C)CN)CC1. The van der Waals surface area contributed by atoms with E-state index in [1.54, 1.807) is 7.11 Å². The van der Waals surface area contributed by atoms with Gasteiger partial charge < -0.3 is 15.4 Å². The topological polar surface area (TPSA) is 41.7 Å². The van der Waals surface area contributed by atoms with Crippen molar-refractivity contribution in [1.82, 2.24) is 4.90 Å². The molecule has 4 heteroatoms. The molecule has 1 aliphatic heterocycles. The third-order valence-corrected chi connectivity index (χ3v) is 4.00. The fourth-order valence-corrected chi connectivity index (χ4v) is 2.71. The van der Waals surface area contributed by atoms with Crippen molar-refractivity contribution in [3.63, 3.8) is 0 Å². The van der Waals surface area contributed by atoms with Crippen molar-refractivity contribution in [3.8, 4) is 5.75 Å². The zero-order valence-electron chi connectivity index (χ0n) is 12.9. The summed E-state index contributed by atoms with van der Waals surface area (Å²) in [7, 11) is 1.73. The van der Waals surface area contributed by atoms with E-state index in [1.165, 1.54) is 5.69 Å². The molecule has 0 saturated carbocycles. The molecule has 1 aromatic carbocycles. The lowest BCUT2D eigenvalue weighted by molar-refractivity contribution is 0.174. The molecule has 2 rings (SSSR count). The molecule has 112 valence electrons. The Kier molecular flexibility index (Phi) is 4.89. The summed E-state index contributed by atoms with van der Waals surface area (Å²) in [5.74, 6) is 0.961. The number of hydrogen-bond acceptors (Lipinski definition) is 4. The van der Waals surface area contributed by atoms with E-state index in [1.807, 2.05) is 12.1 Å². The van der Waals surface area contributed by atoms with Crippen LogP contribution in [-0.2, 0) is 0 Å². The van der Waals surface area contributed by atoms with Gasteiger partial charge >= 0.3 is 0 Å². The van der Waals surface area contributed by atoms with Crippen molar-refractivity contribution in [2.24, 2.45) is 11.1 Å². The minimum Gasteiger partial charge on any atom is -0.495 e. The molecule has 0 atom stereocenters. The van der Waals surface area contributed by atoms with E-state index in [9.17, 15) is 0 Å². The van der Waals surface area contributed by atoms with Crippen molar-refractivity contribution in [2.75, 3.05) is 51.3 Å². The molecule has 2 N–H and O–H groups in total. The van der Waals surface area contributed by atoms with Crippen LogP contribution in [0.3, 0.4) is 0 Å². The van der Waals surface area contributed by atoms with Gasteiger partial charge in [0.2, 0.25) is 0 Å². The van der Waals surface area contributed by atoms with E-state index in [2.05, 4.69) is 35.8 Å². The first kappa shape index (κ1) is 15.1. The number of nitrogens with zero attached hydrogens (tertiary/aromatic N) is 2. The van der Waals surface area contributed by atoms with E-state index in [-0.39, 0.29) is 5.41 Å². The number of benzene rings is 1. The van der Waals surface area contributed by atoms with Crippen LogP contribution in [0.5, 0.6) is 5.75 Å². The average molecular weight is 277 g/mol. The number of piperazine rings is 1. The van der Waals surface area contributed by atoms with Gasteiger partial charge in [0.05, 0.1) is 12.8 Å². The number of para-hydroxylation sites is 2. The fourth-order valence-electron chi connectivity index (χ4n) is 2.71. The summed E-state index contributed by atoms with van der Waals surface area (Å²) in [6, 6.07) is 8.25. The van der Waals surface area contributed by atoms with Crippen molar-refractivity contribution < 1.29 is 4.74 Å². The lowest BCUT2D eigenvalue weighted by Crippen LogP contribution is -2.50. The molecule has 0 unspecified atom stereocenters. The molecule has 1 fully saturated rings. The van der Waals surface area contributed by atoms with E-state index in [0.717, 1.165) is 45.0 Å². The van der Waals surface area contributed by atoms with Crippen LogP contribution in [0.25, 0.3) is 0 Å². The summed E-state index contributed by atoms with van der Waals surface area (Å²) in [6.45, 7) is 10.5. The largest absolute Gasteiger partial charge is 0.495 e. The van der Waals surface area contributed by atoms with E-state index in [0.29, 0.717) is 0 Å². The fraction of sp³-hybridized carbons (Fsp3) is 0.625. The van der Waals surface area contributed by atoms with Gasteiger partial charge in [-0.15, -0.1) is 0 Å². The van der Waals surface area contributed by atoms with Crippen LogP contribution < -0.4 is 15.4 Å². The Bertz CT molecular complexity index is 425. The van der Waals surface area contributed by atoms with Gasteiger partial charge in [0, 0.05) is 32.7 Å². The molecule has 1 aromatic rings. The minimum atomic E-state index is 0.201. The summed E-state index contributed by atoms with van der Waals surface area (Å²) in [5.41, 5.74) is 7.23. The quantitative estimate of drug-likeness (QED) is 0.891. The predicted octanol–water partition coefficient (Wildman–Crippen LogP) is 1.80. The van der Waals surface area contributed by atoms with Crippen LogP contribution in [0.15, 0.2) is 24.3 Å². The lowest BCUT2D eigenvalue weighted by Gasteiger charge is -2.39. The van der Waals surface area contributed by atoms with Gasteiger partial charge in [0.1, 0.15) is 5.75 Å². The molecule has 0 spiro atoms. The third kappa shape index (κ3) is 3.64. The highest BCUT2D eigenvalue weighted by Gasteiger charge is 2.24. The maximum atomic E-state index is 5.83. The van der Waals surface area contributed by atoms with Gasteiger partial charge in [-0.1, -0.05) is 26.0 Å². The Labute approximate surface area is 122 Å². The summed E-state index contributed by atoms with van der Waals surface area (Å²) >= 11 is 0. The molecule has 0 bridgehead atoms. The second-order valence-electron chi connectivity index (χ2n) is 6.30. The van der Waals surface area contributed by atoms with E-state index < -0.39 is 0 Å². The van der Waals surface area contributed by atoms with Crippen molar-refractivity contribution in [3.05, 3.63) is 24.3 Å². The monoisotopic (exact) mass is 277 g/mol. The van der Waals surface area contributed by atoms with Crippen molar-refractivity contribution in [2.45, 2.75) is 13.8 Å². The summed E-state index contributed by atoms with van der Waals surface area (Å²) in [6.07, 6.45) is 0. The Hall–Kier alpha value is -1.26. The van der Waals surface area contributed by atoms with E-state index >= 15 is 0 Å². The van der Waals surface area contributed by atoms with Gasteiger partial charge in [-0.05, 0) is 24.1 Å². The Morgan fingerprint density at radius 1 is 1.15 bits per heavy atom. The number of nitrogens with two attached hydrogens (primary N) is 1. The standard InChI is InChI=1S/C16H27N3O/c1-16(2,12-17)13-18-8-10-19(11-9-18)14-6-4-5-7-15(14)20-3/h4-7H,8-13,17H2,1-3H3. The Balaban J connectivity index is 1.94. The molecule has 1 aliphatic rings. The van der Waals surface area contributed by atoms with Gasteiger partial charge in [-0.25, -0.2) is 0 Å². The third-order valence-electron chi connectivity index (χ3n) is 4.00. The normalized spacial score (nSPS) is 17.3. The first-order valence-electron chi connectivity index (χ1n) is 7.36. The zero-order chi connectivity index (χ0) is 14.6. The maximum Gasteiger partial charge on any atom is 0.142 e. The Morgan fingerprint density at radius 3 is 2.40 bits per heavy atom. The maximum absolute atomic E-state index is 5.83. The minimum absolute atomic E-state index is 0.201. The van der Waals surface area contributed by atoms with Crippen LogP contribution in [0, 0.1) is 5.41 Å². The smallest absolute Gasteiger partial charge is 0.142 e. The molecule has 0 aromatic heterocycles. The lowest BCUT2D eigenvalue weighted by atomic mass is 9.93. The predicted molar refractivity (Wildman–Crippen MR) is 84.5 cm³/mol. The first-order chi connectivity index (χ1) is 9.55. The second-order valence-corrected chi connectivity index (χ2v) is 6.30. The van der Waals surface area contributed by atoms with Crippen LogP contribution in [0.4, 0.5) is 5.69 Å². The van der Waals surface area contributed by atoms with Crippen LogP contribution in [-0.4, -0.2) is 51.3 Å². The van der Waals surface area contributed by atoms with E-state index in [4.69, 9.17) is 10.5 Å². The summed E-state index contributed by atoms with van der Waals surface area (Å²) < 4.78 is 5.45. The van der Waals surface area contributed by atoms with Gasteiger partial charge in [-0.2, -0.15) is 0 Å². The molecule has 20 heavy (non-hydrogen) atoms. The van der Waals surface area contributed by atoms with Gasteiger partial charge in [0.15, 0.2) is 0 Å². The molecular weight excluding hydrogens is 250 g/mol. The highest BCUT2D eigenvalue weighted by Crippen LogP contribution is 2.28. The molecular formula is C16H27N3O. The highest BCUT2D eigenvalue weighted by molar-refractivity contribution is 5.58. The number of anilines is 1. The number of hydrogen-bond donors (Lipinski definition) is 1.